The first-order chi connectivity index (χ1) is 21.3. The van der Waals surface area contributed by atoms with Crippen molar-refractivity contribution in [1.82, 2.24) is 9.97 Å². The molecule has 0 aliphatic rings. The average Bonchev–Trinajstić information content (AvgIpc) is 3.47. The molecule has 2 heterocycles. The van der Waals surface area contributed by atoms with E-state index in [0.29, 0.717) is 0 Å². The summed E-state index contributed by atoms with van der Waals surface area (Å²) in [6.45, 7) is 0. The minimum Gasteiger partial charge on any atom is -0.455 e. The molecule has 0 unspecified atom stereocenters. The van der Waals surface area contributed by atoms with Crippen LogP contribution in [0.1, 0.15) is 0 Å². The second-order valence-electron chi connectivity index (χ2n) is 11.0. The van der Waals surface area contributed by atoms with E-state index in [9.17, 15) is 0 Å². The van der Waals surface area contributed by atoms with E-state index in [2.05, 4.69) is 121 Å². The summed E-state index contributed by atoms with van der Waals surface area (Å²) in [7, 11) is 0. The lowest BCUT2D eigenvalue weighted by atomic mass is 9.93. The highest BCUT2D eigenvalue weighted by atomic mass is 16.3. The van der Waals surface area contributed by atoms with Gasteiger partial charge in [0.2, 0.25) is 0 Å². The molecule has 7 aromatic carbocycles. The van der Waals surface area contributed by atoms with Gasteiger partial charge >= 0.3 is 0 Å². The average molecular weight is 549 g/mol. The normalized spacial score (nSPS) is 11.7. The monoisotopic (exact) mass is 548 g/mol. The van der Waals surface area contributed by atoms with Crippen molar-refractivity contribution < 1.29 is 4.42 Å². The maximum atomic E-state index is 6.62. The van der Waals surface area contributed by atoms with Crippen molar-refractivity contribution in [3.05, 3.63) is 146 Å². The minimum atomic E-state index is 0.860. The SMILES string of the molecule is c1ccc(-c2cccc3oc4c5ccccc5c(-c5nc6ccccc6nc5-c5ccc6ccccc6c5)cc4c23)cc1. The van der Waals surface area contributed by atoms with Crippen LogP contribution in [0.4, 0.5) is 0 Å². The second-order valence-corrected chi connectivity index (χ2v) is 11.0. The van der Waals surface area contributed by atoms with Crippen LogP contribution in [0.25, 0.3) is 88.2 Å². The molecular weight excluding hydrogens is 524 g/mol. The van der Waals surface area contributed by atoms with Gasteiger partial charge in [-0.05, 0) is 57.6 Å². The van der Waals surface area contributed by atoms with E-state index in [1.807, 2.05) is 24.3 Å². The number of nitrogens with zero attached hydrogens (tertiary/aromatic N) is 2. The standard InChI is InChI=1S/C40H24N2O/c1-2-12-26(13-3-1)29-17-10-20-36-37(29)33-24-32(30-15-6-7-16-31(30)40(33)43-36)39-38(41-34-18-8-9-19-35(34)42-39)28-22-21-25-11-4-5-14-27(25)23-28/h1-24H. The van der Waals surface area contributed by atoms with E-state index in [1.165, 1.54) is 10.8 Å². The second kappa shape index (κ2) is 9.37. The lowest BCUT2D eigenvalue weighted by Gasteiger charge is -2.14. The molecule has 0 aliphatic carbocycles. The van der Waals surface area contributed by atoms with E-state index in [1.54, 1.807) is 0 Å². The maximum Gasteiger partial charge on any atom is 0.143 e. The van der Waals surface area contributed by atoms with E-state index in [0.717, 1.165) is 77.4 Å². The minimum absolute atomic E-state index is 0.860. The Balaban J connectivity index is 1.41. The summed E-state index contributed by atoms with van der Waals surface area (Å²) in [5, 5.41) is 6.70. The van der Waals surface area contributed by atoms with Gasteiger partial charge in [-0.2, -0.15) is 0 Å². The Labute approximate surface area is 247 Å². The summed E-state index contributed by atoms with van der Waals surface area (Å²) >= 11 is 0. The molecular formula is C40H24N2O. The Hall–Kier alpha value is -5.80. The number of aromatic nitrogens is 2. The summed E-state index contributed by atoms with van der Waals surface area (Å²) < 4.78 is 6.62. The largest absolute Gasteiger partial charge is 0.455 e. The molecule has 43 heavy (non-hydrogen) atoms. The first-order valence-corrected chi connectivity index (χ1v) is 14.5. The highest BCUT2D eigenvalue weighted by molar-refractivity contribution is 6.22. The summed E-state index contributed by atoms with van der Waals surface area (Å²) in [6, 6.07) is 50.7. The fourth-order valence-corrected chi connectivity index (χ4v) is 6.43. The summed E-state index contributed by atoms with van der Waals surface area (Å²) in [4.78, 5) is 10.6. The maximum absolute atomic E-state index is 6.62. The molecule has 3 nitrogen and oxygen atoms in total. The van der Waals surface area contributed by atoms with E-state index < -0.39 is 0 Å². The van der Waals surface area contributed by atoms with Gasteiger partial charge in [-0.25, -0.2) is 9.97 Å². The molecule has 0 saturated carbocycles. The van der Waals surface area contributed by atoms with Crippen molar-refractivity contribution in [2.45, 2.75) is 0 Å². The van der Waals surface area contributed by atoms with Crippen LogP contribution in [0.3, 0.4) is 0 Å². The third-order valence-corrected chi connectivity index (χ3v) is 8.44. The molecule has 0 aliphatic heterocycles. The Morgan fingerprint density at radius 3 is 1.95 bits per heavy atom. The van der Waals surface area contributed by atoms with Gasteiger partial charge in [-0.15, -0.1) is 0 Å². The van der Waals surface area contributed by atoms with Gasteiger partial charge in [-0.1, -0.05) is 115 Å². The van der Waals surface area contributed by atoms with Crippen LogP contribution in [-0.2, 0) is 0 Å². The number of hydrogen-bond acceptors (Lipinski definition) is 3. The Bertz CT molecular complexity index is 2510. The molecule has 0 atom stereocenters. The van der Waals surface area contributed by atoms with Crippen molar-refractivity contribution in [3.63, 3.8) is 0 Å². The van der Waals surface area contributed by atoms with Crippen LogP contribution < -0.4 is 0 Å². The molecule has 200 valence electrons. The topological polar surface area (TPSA) is 38.9 Å². The van der Waals surface area contributed by atoms with Crippen LogP contribution in [0.2, 0.25) is 0 Å². The third-order valence-electron chi connectivity index (χ3n) is 8.44. The summed E-state index contributed by atoms with van der Waals surface area (Å²) in [5.41, 5.74) is 9.62. The molecule has 3 heteroatoms. The zero-order chi connectivity index (χ0) is 28.3. The van der Waals surface area contributed by atoms with Crippen LogP contribution in [-0.4, -0.2) is 9.97 Å². The Morgan fingerprint density at radius 2 is 1.12 bits per heavy atom. The fraction of sp³-hybridized carbons (Fsp3) is 0. The van der Waals surface area contributed by atoms with Gasteiger partial charge in [0.15, 0.2) is 0 Å². The number of rotatable bonds is 3. The van der Waals surface area contributed by atoms with Crippen molar-refractivity contribution in [3.8, 4) is 33.6 Å². The molecule has 0 saturated heterocycles. The Kier molecular flexibility index (Phi) is 5.20. The van der Waals surface area contributed by atoms with Gasteiger partial charge in [0.1, 0.15) is 11.2 Å². The molecule has 0 fully saturated rings. The highest BCUT2D eigenvalue weighted by Gasteiger charge is 2.21. The zero-order valence-corrected chi connectivity index (χ0v) is 23.2. The number of benzene rings is 7. The van der Waals surface area contributed by atoms with Crippen LogP contribution in [0.15, 0.2) is 150 Å². The van der Waals surface area contributed by atoms with Crippen LogP contribution in [0, 0.1) is 0 Å². The number of fused-ring (bicyclic) bond motifs is 7. The predicted molar refractivity (Wildman–Crippen MR) is 178 cm³/mol. The summed E-state index contributed by atoms with van der Waals surface area (Å²) in [5.74, 6) is 0. The molecule has 0 amide bonds. The fourth-order valence-electron chi connectivity index (χ4n) is 6.43. The van der Waals surface area contributed by atoms with E-state index >= 15 is 0 Å². The number of hydrogen-bond donors (Lipinski definition) is 0. The van der Waals surface area contributed by atoms with Gasteiger partial charge in [0, 0.05) is 27.3 Å². The van der Waals surface area contributed by atoms with Crippen molar-refractivity contribution in [2.75, 3.05) is 0 Å². The lowest BCUT2D eigenvalue weighted by Crippen LogP contribution is -1.96. The highest BCUT2D eigenvalue weighted by Crippen LogP contribution is 2.44. The lowest BCUT2D eigenvalue weighted by molar-refractivity contribution is 0.673. The zero-order valence-electron chi connectivity index (χ0n) is 23.2. The van der Waals surface area contributed by atoms with Crippen molar-refractivity contribution >= 4 is 54.5 Å². The van der Waals surface area contributed by atoms with Crippen molar-refractivity contribution in [1.29, 1.82) is 0 Å². The summed E-state index contributed by atoms with van der Waals surface area (Å²) in [6.07, 6.45) is 0. The van der Waals surface area contributed by atoms with Gasteiger partial charge in [0.25, 0.3) is 0 Å². The first kappa shape index (κ1) is 23.9. The van der Waals surface area contributed by atoms with Crippen molar-refractivity contribution in [2.24, 2.45) is 0 Å². The molecule has 0 spiro atoms. The van der Waals surface area contributed by atoms with Gasteiger partial charge in [-0.3, -0.25) is 0 Å². The Morgan fingerprint density at radius 1 is 0.419 bits per heavy atom. The molecule has 9 rings (SSSR count). The van der Waals surface area contributed by atoms with E-state index in [-0.39, 0.29) is 0 Å². The molecule has 9 aromatic rings. The number of para-hydroxylation sites is 2. The van der Waals surface area contributed by atoms with Gasteiger partial charge in [0.05, 0.1) is 22.4 Å². The van der Waals surface area contributed by atoms with Gasteiger partial charge < -0.3 is 4.42 Å². The predicted octanol–water partition coefficient (Wildman–Crippen LogP) is 10.8. The van der Waals surface area contributed by atoms with E-state index in [4.69, 9.17) is 14.4 Å². The number of furan rings is 1. The first-order valence-electron chi connectivity index (χ1n) is 14.5. The quantitative estimate of drug-likeness (QED) is 0.220. The molecule has 2 aromatic heterocycles. The van der Waals surface area contributed by atoms with Crippen LogP contribution >= 0.6 is 0 Å². The van der Waals surface area contributed by atoms with Crippen LogP contribution in [0.5, 0.6) is 0 Å². The molecule has 0 radical (unpaired) electrons. The smallest absolute Gasteiger partial charge is 0.143 e. The third kappa shape index (κ3) is 3.75. The molecule has 0 N–H and O–H groups in total. The molecule has 0 bridgehead atoms.